The van der Waals surface area contributed by atoms with Gasteiger partial charge < -0.3 is 10.5 Å². The molecule has 0 spiro atoms. The maximum absolute atomic E-state index is 11.9. The van der Waals surface area contributed by atoms with E-state index in [1.54, 1.807) is 11.3 Å². The molecular weight excluding hydrogens is 251 g/mol. The van der Waals surface area contributed by atoms with E-state index in [0.29, 0.717) is 0 Å². The Bertz CT molecular complexity index is 338. The molecule has 1 heterocycles. The molecule has 0 amide bonds. The van der Waals surface area contributed by atoms with Gasteiger partial charge in [0.2, 0.25) is 0 Å². The van der Waals surface area contributed by atoms with Crippen LogP contribution >= 0.6 is 11.3 Å². The van der Waals surface area contributed by atoms with Crippen LogP contribution in [0.4, 0.5) is 13.2 Å². The first-order valence-corrected chi connectivity index (χ1v) is 6.19. The van der Waals surface area contributed by atoms with Crippen LogP contribution in [0.3, 0.4) is 0 Å². The summed E-state index contributed by atoms with van der Waals surface area (Å²) in [6.45, 7) is 2.33. The summed E-state index contributed by atoms with van der Waals surface area (Å²) < 4.78 is 41.1. The molecule has 2 nitrogen and oxygen atoms in total. The van der Waals surface area contributed by atoms with Crippen molar-refractivity contribution >= 4 is 11.3 Å². The molecule has 1 rings (SSSR count). The van der Waals surface area contributed by atoms with Gasteiger partial charge in [0.05, 0.1) is 0 Å². The third kappa shape index (κ3) is 5.52. The lowest BCUT2D eigenvalue weighted by Crippen LogP contribution is -2.16. The Balaban J connectivity index is 2.33. The van der Waals surface area contributed by atoms with Crippen LogP contribution in [0.15, 0.2) is 12.1 Å². The Morgan fingerprint density at radius 1 is 1.41 bits per heavy atom. The Morgan fingerprint density at radius 3 is 2.59 bits per heavy atom. The summed E-state index contributed by atoms with van der Waals surface area (Å²) in [4.78, 5) is 2.11. The lowest BCUT2D eigenvalue weighted by atomic mass is 10.2. The number of halogens is 3. The maximum atomic E-state index is 11.9. The topological polar surface area (TPSA) is 35.2 Å². The van der Waals surface area contributed by atoms with Crippen LogP contribution in [0.2, 0.25) is 0 Å². The first kappa shape index (κ1) is 14.5. The van der Waals surface area contributed by atoms with E-state index < -0.39 is 12.6 Å². The van der Waals surface area contributed by atoms with Gasteiger partial charge in [-0.15, -0.1) is 11.3 Å². The highest BCUT2D eigenvalue weighted by Crippen LogP contribution is 2.26. The molecule has 0 saturated heterocycles. The van der Waals surface area contributed by atoms with Crippen LogP contribution in [0.25, 0.3) is 0 Å². The van der Waals surface area contributed by atoms with Gasteiger partial charge >= 0.3 is 6.18 Å². The highest BCUT2D eigenvalue weighted by atomic mass is 32.1. The average molecular weight is 267 g/mol. The van der Waals surface area contributed by atoms with Gasteiger partial charge in [0, 0.05) is 29.3 Å². The molecule has 6 heteroatoms. The van der Waals surface area contributed by atoms with E-state index >= 15 is 0 Å². The number of alkyl halides is 3. The summed E-state index contributed by atoms with van der Waals surface area (Å²) in [6, 6.07) is 3.85. The number of hydrogen-bond donors (Lipinski definition) is 1. The predicted molar refractivity (Wildman–Crippen MR) is 62.1 cm³/mol. The third-order valence-electron chi connectivity index (χ3n) is 2.22. The zero-order valence-electron chi connectivity index (χ0n) is 9.59. The Hall–Kier alpha value is -0.590. The van der Waals surface area contributed by atoms with Crippen molar-refractivity contribution in [2.75, 3.05) is 13.2 Å². The number of aryl methyl sites for hydroxylation is 1. The zero-order valence-corrected chi connectivity index (χ0v) is 10.4. The van der Waals surface area contributed by atoms with Crippen LogP contribution in [-0.4, -0.2) is 19.3 Å². The number of hydrogen-bond acceptors (Lipinski definition) is 3. The van der Waals surface area contributed by atoms with Crippen molar-refractivity contribution in [3.8, 4) is 0 Å². The Kier molecular flexibility index (Phi) is 5.42. The van der Waals surface area contributed by atoms with Crippen molar-refractivity contribution in [3.63, 3.8) is 0 Å². The predicted octanol–water partition coefficient (Wildman–Crippen LogP) is 3.42. The van der Waals surface area contributed by atoms with E-state index in [9.17, 15) is 13.2 Å². The second kappa shape index (κ2) is 6.37. The number of ether oxygens (including phenoxy) is 1. The van der Waals surface area contributed by atoms with E-state index in [1.165, 1.54) is 0 Å². The van der Waals surface area contributed by atoms with Crippen molar-refractivity contribution in [2.24, 2.45) is 5.73 Å². The lowest BCUT2D eigenvalue weighted by molar-refractivity contribution is -0.138. The molecule has 0 aliphatic rings. The van der Waals surface area contributed by atoms with Crippen molar-refractivity contribution in [3.05, 3.63) is 21.9 Å². The standard InChI is InChI=1S/C11H16F3NOS/c1-8-3-4-10(17-8)9(7-15)16-6-2-5-11(12,13)14/h3-4,9H,2,5-7,15H2,1H3. The summed E-state index contributed by atoms with van der Waals surface area (Å²) in [5.41, 5.74) is 5.54. The molecule has 2 N–H and O–H groups in total. The maximum Gasteiger partial charge on any atom is 0.389 e. The van der Waals surface area contributed by atoms with Gasteiger partial charge in [-0.3, -0.25) is 0 Å². The van der Waals surface area contributed by atoms with Gasteiger partial charge in [-0.1, -0.05) is 0 Å². The summed E-state index contributed by atoms with van der Waals surface area (Å²) in [5, 5.41) is 0. The second-order valence-electron chi connectivity index (χ2n) is 3.76. The normalized spacial score (nSPS) is 13.9. The summed E-state index contributed by atoms with van der Waals surface area (Å²) in [7, 11) is 0. The van der Waals surface area contributed by atoms with Crippen molar-refractivity contribution in [2.45, 2.75) is 32.0 Å². The average Bonchev–Trinajstić information content (AvgIpc) is 2.63. The van der Waals surface area contributed by atoms with Crippen LogP contribution in [0, 0.1) is 6.92 Å². The number of thiophene rings is 1. The van der Waals surface area contributed by atoms with E-state index in [-0.39, 0.29) is 25.7 Å². The summed E-state index contributed by atoms with van der Waals surface area (Å²) in [5.74, 6) is 0. The highest BCUT2D eigenvalue weighted by Gasteiger charge is 2.26. The van der Waals surface area contributed by atoms with Gasteiger partial charge in [-0.25, -0.2) is 0 Å². The number of rotatable bonds is 6. The highest BCUT2D eigenvalue weighted by molar-refractivity contribution is 7.12. The SMILES string of the molecule is Cc1ccc(C(CN)OCCCC(F)(F)F)s1. The van der Waals surface area contributed by atoms with Gasteiger partial charge in [-0.2, -0.15) is 13.2 Å². The molecule has 0 fully saturated rings. The Morgan fingerprint density at radius 2 is 2.12 bits per heavy atom. The number of nitrogens with two attached hydrogens (primary N) is 1. The largest absolute Gasteiger partial charge is 0.389 e. The lowest BCUT2D eigenvalue weighted by Gasteiger charge is -2.14. The molecular formula is C11H16F3NOS. The van der Waals surface area contributed by atoms with Crippen LogP contribution in [0.5, 0.6) is 0 Å². The fourth-order valence-electron chi connectivity index (χ4n) is 1.39. The van der Waals surface area contributed by atoms with Gasteiger partial charge in [0.25, 0.3) is 0 Å². The minimum absolute atomic E-state index is 0.0235. The second-order valence-corrected chi connectivity index (χ2v) is 5.08. The van der Waals surface area contributed by atoms with Gasteiger partial charge in [0.15, 0.2) is 0 Å². The van der Waals surface area contributed by atoms with E-state index in [4.69, 9.17) is 10.5 Å². The minimum atomic E-state index is -4.11. The summed E-state index contributed by atoms with van der Waals surface area (Å²) >= 11 is 1.56. The molecule has 1 aromatic heterocycles. The fourth-order valence-corrected chi connectivity index (χ4v) is 2.33. The zero-order chi connectivity index (χ0) is 12.9. The molecule has 0 aliphatic carbocycles. The molecule has 0 aromatic carbocycles. The fraction of sp³-hybridized carbons (Fsp3) is 0.636. The monoisotopic (exact) mass is 267 g/mol. The van der Waals surface area contributed by atoms with Crippen molar-refractivity contribution in [1.82, 2.24) is 0 Å². The van der Waals surface area contributed by atoms with Gasteiger partial charge in [0.1, 0.15) is 6.10 Å². The van der Waals surface area contributed by atoms with E-state index in [0.717, 1.165) is 9.75 Å². The molecule has 98 valence electrons. The third-order valence-corrected chi connectivity index (χ3v) is 3.31. The Labute approximate surface area is 103 Å². The van der Waals surface area contributed by atoms with E-state index in [2.05, 4.69) is 0 Å². The molecule has 0 saturated carbocycles. The molecule has 1 unspecified atom stereocenters. The van der Waals surface area contributed by atoms with Crippen molar-refractivity contribution < 1.29 is 17.9 Å². The quantitative estimate of drug-likeness (QED) is 0.802. The van der Waals surface area contributed by atoms with Crippen LogP contribution in [-0.2, 0) is 4.74 Å². The van der Waals surface area contributed by atoms with Crippen LogP contribution < -0.4 is 5.73 Å². The smallest absolute Gasteiger partial charge is 0.371 e. The molecule has 0 bridgehead atoms. The van der Waals surface area contributed by atoms with Gasteiger partial charge in [-0.05, 0) is 25.5 Å². The van der Waals surface area contributed by atoms with Crippen molar-refractivity contribution in [1.29, 1.82) is 0 Å². The first-order valence-electron chi connectivity index (χ1n) is 5.37. The molecule has 0 radical (unpaired) electrons. The first-order chi connectivity index (χ1) is 7.92. The van der Waals surface area contributed by atoms with E-state index in [1.807, 2.05) is 19.1 Å². The molecule has 0 aliphatic heterocycles. The molecule has 1 atom stereocenters. The van der Waals surface area contributed by atoms with Crippen LogP contribution in [0.1, 0.15) is 28.7 Å². The molecule has 17 heavy (non-hydrogen) atoms. The summed E-state index contributed by atoms with van der Waals surface area (Å²) in [6.07, 6.45) is -5.24. The minimum Gasteiger partial charge on any atom is -0.371 e. The molecule has 1 aromatic rings.